The predicted octanol–water partition coefficient (Wildman–Crippen LogP) is 3.28. The Balaban J connectivity index is 2.30. The number of anilines is 1. The highest BCUT2D eigenvalue weighted by Crippen LogP contribution is 2.29. The molecule has 104 valence electrons. The Labute approximate surface area is 121 Å². The number of halogens is 1. The van der Waals surface area contributed by atoms with E-state index in [1.807, 2.05) is 26.0 Å². The van der Waals surface area contributed by atoms with Crippen molar-refractivity contribution in [2.75, 3.05) is 16.4 Å². The molecule has 0 aliphatic rings. The number of hydrogen-bond donors (Lipinski definition) is 1. The van der Waals surface area contributed by atoms with Gasteiger partial charge in [-0.15, -0.1) is 11.6 Å². The second kappa shape index (κ2) is 5.64. The number of aryl methyl sites for hydroxylation is 2. The first kappa shape index (κ1) is 14.6. The quantitative estimate of drug-likeness (QED) is 0.861. The molecule has 2 aromatic rings. The molecule has 4 nitrogen and oxygen atoms in total. The molecule has 0 saturated carbocycles. The Hall–Kier alpha value is -0.850. The maximum Gasteiger partial charge on any atom is 0.234 e. The fraction of sp³-hybridized carbons (Fsp3) is 0.417. The number of thiazole rings is 1. The summed E-state index contributed by atoms with van der Waals surface area (Å²) in [6.07, 6.45) is 0.430. The molecule has 2 rings (SSSR count). The van der Waals surface area contributed by atoms with Gasteiger partial charge in [-0.05, 0) is 37.5 Å². The van der Waals surface area contributed by atoms with Crippen molar-refractivity contribution in [3.8, 4) is 0 Å². The number of rotatable bonds is 5. The maximum atomic E-state index is 11.8. The monoisotopic (exact) mass is 318 g/mol. The van der Waals surface area contributed by atoms with Gasteiger partial charge in [0.25, 0.3) is 0 Å². The van der Waals surface area contributed by atoms with Crippen molar-refractivity contribution in [3.05, 3.63) is 23.3 Å². The molecule has 0 radical (unpaired) electrons. The van der Waals surface area contributed by atoms with Crippen LogP contribution in [0.3, 0.4) is 0 Å². The third-order valence-electron chi connectivity index (χ3n) is 2.62. The average molecular weight is 319 g/mol. The van der Waals surface area contributed by atoms with Gasteiger partial charge in [0, 0.05) is 5.88 Å². The molecule has 0 amide bonds. The number of nitrogens with one attached hydrogen (secondary N) is 1. The van der Waals surface area contributed by atoms with Crippen LogP contribution in [-0.4, -0.2) is 25.0 Å². The molecule has 0 aliphatic carbocycles. The van der Waals surface area contributed by atoms with Crippen molar-refractivity contribution in [2.24, 2.45) is 0 Å². The Bertz CT molecular complexity index is 695. The molecule has 0 fully saturated rings. The number of sulfonamides is 1. The van der Waals surface area contributed by atoms with Gasteiger partial charge < -0.3 is 0 Å². The molecule has 19 heavy (non-hydrogen) atoms. The molecule has 0 atom stereocenters. The summed E-state index contributed by atoms with van der Waals surface area (Å²) in [5.74, 6) is 0.351. The number of hydrogen-bond acceptors (Lipinski definition) is 4. The van der Waals surface area contributed by atoms with Gasteiger partial charge in [-0.2, -0.15) is 0 Å². The van der Waals surface area contributed by atoms with Crippen molar-refractivity contribution in [3.63, 3.8) is 0 Å². The van der Waals surface area contributed by atoms with Gasteiger partial charge in [0.2, 0.25) is 10.0 Å². The van der Waals surface area contributed by atoms with E-state index in [9.17, 15) is 8.42 Å². The summed E-state index contributed by atoms with van der Waals surface area (Å²) in [6.45, 7) is 3.98. The number of alkyl halides is 1. The van der Waals surface area contributed by atoms with Crippen molar-refractivity contribution in [1.29, 1.82) is 0 Å². The van der Waals surface area contributed by atoms with E-state index in [-0.39, 0.29) is 5.75 Å². The average Bonchev–Trinajstić information content (AvgIpc) is 2.68. The molecule has 7 heteroatoms. The molecular weight excluding hydrogens is 304 g/mol. The summed E-state index contributed by atoms with van der Waals surface area (Å²) in [7, 11) is -3.35. The molecule has 0 unspecified atom stereocenters. The zero-order valence-corrected chi connectivity index (χ0v) is 13.1. The molecule has 0 aliphatic heterocycles. The highest BCUT2D eigenvalue weighted by atomic mass is 35.5. The number of aromatic nitrogens is 1. The smallest absolute Gasteiger partial charge is 0.234 e. The van der Waals surface area contributed by atoms with E-state index in [1.54, 1.807) is 0 Å². The lowest BCUT2D eigenvalue weighted by atomic mass is 10.1. The van der Waals surface area contributed by atoms with Gasteiger partial charge in [-0.25, -0.2) is 13.4 Å². The first-order valence-corrected chi connectivity index (χ1v) is 8.86. The van der Waals surface area contributed by atoms with Crippen LogP contribution in [0.25, 0.3) is 10.2 Å². The summed E-state index contributed by atoms with van der Waals surface area (Å²) >= 11 is 6.86. The normalized spacial score (nSPS) is 11.9. The van der Waals surface area contributed by atoms with Crippen LogP contribution in [0, 0.1) is 13.8 Å². The predicted molar refractivity (Wildman–Crippen MR) is 81.8 cm³/mol. The SMILES string of the molecule is Cc1cc(C)c2nc(NS(=O)(=O)CCCCl)sc2c1. The highest BCUT2D eigenvalue weighted by Gasteiger charge is 2.14. The molecular formula is C12H15ClN2O2S2. The van der Waals surface area contributed by atoms with E-state index in [0.29, 0.717) is 17.4 Å². The minimum Gasteiger partial charge on any atom is -0.259 e. The molecule has 1 aromatic heterocycles. The van der Waals surface area contributed by atoms with Gasteiger partial charge in [0.15, 0.2) is 5.13 Å². The summed E-state index contributed by atoms with van der Waals surface area (Å²) in [5, 5.41) is 0.415. The first-order valence-electron chi connectivity index (χ1n) is 5.85. The molecule has 0 bridgehead atoms. The summed E-state index contributed by atoms with van der Waals surface area (Å²) < 4.78 is 27.1. The summed E-state index contributed by atoms with van der Waals surface area (Å²) in [4.78, 5) is 4.34. The maximum absolute atomic E-state index is 11.8. The molecule has 1 N–H and O–H groups in total. The second-order valence-electron chi connectivity index (χ2n) is 4.41. The van der Waals surface area contributed by atoms with Crippen molar-refractivity contribution >= 4 is 48.3 Å². The van der Waals surface area contributed by atoms with Crippen molar-refractivity contribution in [2.45, 2.75) is 20.3 Å². The number of nitrogens with zero attached hydrogens (tertiary/aromatic N) is 1. The van der Waals surface area contributed by atoms with Gasteiger partial charge in [0.05, 0.1) is 16.0 Å². The lowest BCUT2D eigenvalue weighted by Crippen LogP contribution is -2.16. The largest absolute Gasteiger partial charge is 0.259 e. The van der Waals surface area contributed by atoms with Crippen LogP contribution < -0.4 is 4.72 Å². The molecule has 1 aromatic carbocycles. The van der Waals surface area contributed by atoms with Gasteiger partial charge in [0.1, 0.15) is 0 Å². The minimum absolute atomic E-state index is 0.0183. The summed E-state index contributed by atoms with van der Waals surface area (Å²) in [6, 6.07) is 4.05. The number of fused-ring (bicyclic) bond motifs is 1. The van der Waals surface area contributed by atoms with Crippen LogP contribution in [0.2, 0.25) is 0 Å². The topological polar surface area (TPSA) is 59.1 Å². The first-order chi connectivity index (χ1) is 8.91. The van der Waals surface area contributed by atoms with E-state index in [4.69, 9.17) is 11.6 Å². The van der Waals surface area contributed by atoms with E-state index in [2.05, 4.69) is 9.71 Å². The standard InChI is InChI=1S/C12H15ClN2O2S2/c1-8-6-9(2)11-10(7-8)18-12(14-11)15-19(16,17)5-3-4-13/h6-7H,3-5H2,1-2H3,(H,14,15). The van der Waals surface area contributed by atoms with E-state index in [1.165, 1.54) is 11.3 Å². The molecule has 0 saturated heterocycles. The van der Waals surface area contributed by atoms with Gasteiger partial charge >= 0.3 is 0 Å². The lowest BCUT2D eigenvalue weighted by molar-refractivity contribution is 0.600. The third kappa shape index (κ3) is 3.58. The van der Waals surface area contributed by atoms with Crippen molar-refractivity contribution in [1.82, 2.24) is 4.98 Å². The Morgan fingerprint density at radius 2 is 2.11 bits per heavy atom. The zero-order chi connectivity index (χ0) is 14.0. The van der Waals surface area contributed by atoms with Crippen LogP contribution >= 0.6 is 22.9 Å². The van der Waals surface area contributed by atoms with Crippen molar-refractivity contribution < 1.29 is 8.42 Å². The molecule has 0 spiro atoms. The summed E-state index contributed by atoms with van der Waals surface area (Å²) in [5.41, 5.74) is 3.05. The number of benzene rings is 1. The van der Waals surface area contributed by atoms with Crippen LogP contribution in [0.4, 0.5) is 5.13 Å². The second-order valence-corrected chi connectivity index (χ2v) is 7.66. The Morgan fingerprint density at radius 3 is 2.79 bits per heavy atom. The fourth-order valence-electron chi connectivity index (χ4n) is 1.84. The van der Waals surface area contributed by atoms with Gasteiger partial charge in [-0.3, -0.25) is 4.72 Å². The van der Waals surface area contributed by atoms with Crippen LogP contribution in [0.1, 0.15) is 17.5 Å². The zero-order valence-electron chi connectivity index (χ0n) is 10.7. The van der Waals surface area contributed by atoms with E-state index >= 15 is 0 Å². The highest BCUT2D eigenvalue weighted by molar-refractivity contribution is 7.92. The fourth-order valence-corrected chi connectivity index (χ4v) is 4.51. The van der Waals surface area contributed by atoms with E-state index in [0.717, 1.165) is 21.3 Å². The lowest BCUT2D eigenvalue weighted by Gasteiger charge is -2.02. The van der Waals surface area contributed by atoms with Crippen LogP contribution in [0.5, 0.6) is 0 Å². The Kier molecular flexibility index (Phi) is 4.32. The Morgan fingerprint density at radius 1 is 1.37 bits per heavy atom. The third-order valence-corrected chi connectivity index (χ3v) is 5.26. The van der Waals surface area contributed by atoms with Gasteiger partial charge in [-0.1, -0.05) is 17.4 Å². The van der Waals surface area contributed by atoms with Crippen LogP contribution in [-0.2, 0) is 10.0 Å². The molecule has 1 heterocycles. The minimum atomic E-state index is -3.35. The van der Waals surface area contributed by atoms with Crippen LogP contribution in [0.15, 0.2) is 12.1 Å². The van der Waals surface area contributed by atoms with E-state index < -0.39 is 10.0 Å².